The molecular formula is C45H40N6O8. The van der Waals surface area contributed by atoms with E-state index in [0.29, 0.717) is 22.8 Å². The third kappa shape index (κ3) is 7.09. The monoisotopic (exact) mass is 792 g/mol. The Labute approximate surface area is 339 Å². The van der Waals surface area contributed by atoms with Gasteiger partial charge in [-0.15, -0.1) is 0 Å². The van der Waals surface area contributed by atoms with E-state index in [-0.39, 0.29) is 23.6 Å². The summed E-state index contributed by atoms with van der Waals surface area (Å²) in [5.41, 5.74) is 5.44. The van der Waals surface area contributed by atoms with Gasteiger partial charge in [0, 0.05) is 5.56 Å². The maximum Gasteiger partial charge on any atom is 0.274 e. The molecule has 1 aliphatic heterocycles. The molecule has 59 heavy (non-hydrogen) atoms. The summed E-state index contributed by atoms with van der Waals surface area (Å²) in [7, 11) is 3.19. The summed E-state index contributed by atoms with van der Waals surface area (Å²) in [5, 5.41) is 15.2. The van der Waals surface area contributed by atoms with Gasteiger partial charge < -0.3 is 39.8 Å². The maximum absolute atomic E-state index is 13.9. The zero-order chi connectivity index (χ0) is 41.0. The van der Waals surface area contributed by atoms with Crippen molar-refractivity contribution in [1.82, 2.24) is 19.5 Å². The van der Waals surface area contributed by atoms with Gasteiger partial charge in [-0.1, -0.05) is 91.0 Å². The Hall–Kier alpha value is -7.13. The first kappa shape index (κ1) is 38.7. The number of aliphatic hydroxyl groups is 1. The molecule has 0 spiro atoms. The molecule has 8 rings (SSSR count). The van der Waals surface area contributed by atoms with Crippen molar-refractivity contribution in [1.29, 1.82) is 0 Å². The van der Waals surface area contributed by atoms with Gasteiger partial charge in [-0.3, -0.25) is 14.2 Å². The third-order valence-electron chi connectivity index (χ3n) is 10.4. The number of carbonyl (C=O) groups is 2. The van der Waals surface area contributed by atoms with Gasteiger partial charge in [0.1, 0.15) is 41.6 Å². The number of aromatic nitrogens is 4. The van der Waals surface area contributed by atoms with Gasteiger partial charge in [0.05, 0.1) is 20.8 Å². The van der Waals surface area contributed by atoms with E-state index in [1.807, 2.05) is 84.9 Å². The average molecular weight is 793 g/mol. The zero-order valence-corrected chi connectivity index (χ0v) is 32.0. The van der Waals surface area contributed by atoms with Crippen molar-refractivity contribution in [3.8, 4) is 17.2 Å². The number of anilines is 1. The number of hydrogen-bond acceptors (Lipinski definition) is 11. The molecule has 3 heterocycles. The van der Waals surface area contributed by atoms with Crippen molar-refractivity contribution in [3.05, 3.63) is 174 Å². The molecule has 0 bridgehead atoms. The largest absolute Gasteiger partial charge is 0.497 e. The minimum atomic E-state index is -2.33. The summed E-state index contributed by atoms with van der Waals surface area (Å²) in [6, 6.07) is 42.1. The van der Waals surface area contributed by atoms with Crippen LogP contribution in [0.3, 0.4) is 0 Å². The molecule has 2 aromatic heterocycles. The Bertz CT molecular complexity index is 2490. The fourth-order valence-corrected chi connectivity index (χ4v) is 7.46. The number of nitrogens with zero attached hydrogens (tertiary/aromatic N) is 4. The minimum Gasteiger partial charge on any atom is -0.497 e. The van der Waals surface area contributed by atoms with Crippen LogP contribution in [-0.4, -0.2) is 75.6 Å². The van der Waals surface area contributed by atoms with Crippen LogP contribution in [0.5, 0.6) is 17.2 Å². The molecule has 298 valence electrons. The van der Waals surface area contributed by atoms with E-state index in [4.69, 9.17) is 29.4 Å². The summed E-state index contributed by atoms with van der Waals surface area (Å²) in [5.74, 6) is 0.267. The second-order valence-corrected chi connectivity index (χ2v) is 13.7. The number of amides is 2. The van der Waals surface area contributed by atoms with E-state index in [1.165, 1.54) is 17.2 Å². The van der Waals surface area contributed by atoms with Crippen molar-refractivity contribution < 1.29 is 38.4 Å². The molecule has 1 saturated heterocycles. The Morgan fingerprint density at radius 1 is 0.763 bits per heavy atom. The number of hydrogen-bond donors (Lipinski definition) is 3. The average Bonchev–Trinajstić information content (AvgIpc) is 3.85. The summed E-state index contributed by atoms with van der Waals surface area (Å²) in [6.45, 7) is -0.240. The first-order valence-corrected chi connectivity index (χ1v) is 18.7. The molecule has 0 unspecified atom stereocenters. The minimum absolute atomic E-state index is 0.0522. The van der Waals surface area contributed by atoms with Gasteiger partial charge >= 0.3 is 0 Å². The van der Waals surface area contributed by atoms with Crippen LogP contribution in [0.1, 0.15) is 27.0 Å². The SMILES string of the molecule is COc1ccc(C(OC[C@H]2O[C@@](C(N)=O)(n3cnc4c(NC(=O)c5ccccc5)ncnc43)[C@H](O)[C@@H]2Oc2ccccc2)(c2ccccc2)c2ccc(OC)cc2)cc1. The van der Waals surface area contributed by atoms with E-state index in [2.05, 4.69) is 20.3 Å². The molecule has 5 aromatic carbocycles. The number of nitrogens with two attached hydrogens (primary N) is 1. The molecule has 1 fully saturated rings. The second kappa shape index (κ2) is 16.4. The topological polar surface area (TPSA) is 182 Å². The Morgan fingerprint density at radius 3 is 1.90 bits per heavy atom. The van der Waals surface area contributed by atoms with E-state index in [0.717, 1.165) is 16.7 Å². The summed E-state index contributed by atoms with van der Waals surface area (Å²) in [4.78, 5) is 40.2. The number of para-hydroxylation sites is 1. The van der Waals surface area contributed by atoms with Crippen molar-refractivity contribution in [2.75, 3.05) is 26.1 Å². The first-order valence-electron chi connectivity index (χ1n) is 18.7. The number of carbonyl (C=O) groups excluding carboxylic acids is 2. The van der Waals surface area contributed by atoms with Gasteiger partial charge in [0.2, 0.25) is 0 Å². The molecule has 0 radical (unpaired) electrons. The number of methoxy groups -OCH3 is 2. The van der Waals surface area contributed by atoms with E-state index >= 15 is 0 Å². The van der Waals surface area contributed by atoms with Crippen molar-refractivity contribution in [2.24, 2.45) is 5.73 Å². The fraction of sp³-hybridized carbons (Fsp3) is 0.178. The van der Waals surface area contributed by atoms with E-state index in [9.17, 15) is 14.7 Å². The summed E-state index contributed by atoms with van der Waals surface area (Å²) < 4.78 is 32.6. The fourth-order valence-electron chi connectivity index (χ4n) is 7.46. The number of fused-ring (bicyclic) bond motifs is 1. The number of ether oxygens (including phenoxy) is 5. The lowest BCUT2D eigenvalue weighted by molar-refractivity contribution is -0.177. The maximum atomic E-state index is 13.9. The Morgan fingerprint density at radius 2 is 1.32 bits per heavy atom. The van der Waals surface area contributed by atoms with Crippen LogP contribution >= 0.6 is 0 Å². The predicted octanol–water partition coefficient (Wildman–Crippen LogP) is 5.45. The third-order valence-corrected chi connectivity index (χ3v) is 10.4. The smallest absolute Gasteiger partial charge is 0.274 e. The number of nitrogens with one attached hydrogen (secondary N) is 1. The van der Waals surface area contributed by atoms with Gasteiger partial charge in [-0.2, -0.15) is 0 Å². The molecular weight excluding hydrogens is 753 g/mol. The molecule has 0 aliphatic carbocycles. The quantitative estimate of drug-likeness (QED) is 0.119. The van der Waals surface area contributed by atoms with Gasteiger partial charge in [0.15, 0.2) is 29.2 Å². The highest BCUT2D eigenvalue weighted by Gasteiger charge is 2.62. The molecule has 14 nitrogen and oxygen atoms in total. The summed E-state index contributed by atoms with van der Waals surface area (Å²) in [6.07, 6.45) is -1.66. The molecule has 4 N–H and O–H groups in total. The number of imidazole rings is 1. The second-order valence-electron chi connectivity index (χ2n) is 13.7. The zero-order valence-electron chi connectivity index (χ0n) is 32.0. The van der Waals surface area contributed by atoms with Crippen LogP contribution in [0, 0.1) is 0 Å². The molecule has 7 aromatic rings. The molecule has 1 aliphatic rings. The van der Waals surface area contributed by atoms with E-state index < -0.39 is 41.5 Å². The Balaban J connectivity index is 1.23. The normalized spacial score (nSPS) is 18.9. The van der Waals surface area contributed by atoms with Crippen molar-refractivity contribution in [2.45, 2.75) is 29.6 Å². The van der Waals surface area contributed by atoms with Gasteiger partial charge in [-0.05, 0) is 65.2 Å². The van der Waals surface area contributed by atoms with Crippen LogP contribution in [0.15, 0.2) is 152 Å². The molecule has 2 amide bonds. The lowest BCUT2D eigenvalue weighted by Gasteiger charge is -2.37. The molecule has 4 atom stereocenters. The lowest BCUT2D eigenvalue weighted by Crippen LogP contribution is -2.55. The molecule has 0 saturated carbocycles. The van der Waals surface area contributed by atoms with Crippen LogP contribution in [0.25, 0.3) is 11.2 Å². The highest BCUT2D eigenvalue weighted by molar-refractivity contribution is 6.06. The van der Waals surface area contributed by atoms with Crippen LogP contribution in [0.2, 0.25) is 0 Å². The van der Waals surface area contributed by atoms with E-state index in [1.54, 1.807) is 68.8 Å². The number of benzene rings is 5. The highest BCUT2D eigenvalue weighted by atomic mass is 16.6. The lowest BCUT2D eigenvalue weighted by atomic mass is 9.80. The standard InChI is InChI=1S/C45H40N6O8/c1-55-33-22-18-31(19-23-33)44(30-14-8-4-9-15-30,32-20-24-34(56-2)25-21-32)57-26-36-38(58-35-16-10-5-11-17-35)39(52)45(59-36,43(46)54)51-28-49-37-40(47-27-48-41(37)51)50-42(53)29-12-6-3-7-13-29/h3-25,27-28,36,38-39,52H,26H2,1-2H3,(H2,46,54)(H,47,48,50,53)/t36-,38-,39-,45+/m1/s1. The highest BCUT2D eigenvalue weighted by Crippen LogP contribution is 2.45. The van der Waals surface area contributed by atoms with Crippen molar-refractivity contribution in [3.63, 3.8) is 0 Å². The summed E-state index contributed by atoms with van der Waals surface area (Å²) >= 11 is 0. The van der Waals surface area contributed by atoms with Crippen LogP contribution in [0.4, 0.5) is 5.82 Å². The van der Waals surface area contributed by atoms with Crippen molar-refractivity contribution >= 4 is 28.8 Å². The van der Waals surface area contributed by atoms with Crippen LogP contribution < -0.4 is 25.3 Å². The number of primary amides is 1. The number of rotatable bonds is 14. The first-order chi connectivity index (χ1) is 28.8. The van der Waals surface area contributed by atoms with Gasteiger partial charge in [0.25, 0.3) is 17.5 Å². The Kier molecular flexibility index (Phi) is 10.8. The molecule has 14 heteroatoms. The number of aliphatic hydroxyl groups excluding tert-OH is 1. The predicted molar refractivity (Wildman–Crippen MR) is 217 cm³/mol. The van der Waals surface area contributed by atoms with Gasteiger partial charge in [-0.25, -0.2) is 15.0 Å². The van der Waals surface area contributed by atoms with Crippen LogP contribution in [-0.2, 0) is 25.6 Å².